The first-order valence-electron chi connectivity index (χ1n) is 14.9. The summed E-state index contributed by atoms with van der Waals surface area (Å²) in [6, 6.07) is 20.4. The molecule has 0 radical (unpaired) electrons. The van der Waals surface area contributed by atoms with Crippen molar-refractivity contribution < 1.29 is 34.0 Å². The van der Waals surface area contributed by atoms with Gasteiger partial charge in [-0.25, -0.2) is 0 Å². The van der Waals surface area contributed by atoms with E-state index in [1.165, 1.54) is 4.57 Å². The molecule has 0 fully saturated rings. The van der Waals surface area contributed by atoms with Gasteiger partial charge in [0.2, 0.25) is 0 Å². The Kier molecular flexibility index (Phi) is 10.2. The van der Waals surface area contributed by atoms with Gasteiger partial charge in [0.15, 0.2) is 11.5 Å². The van der Waals surface area contributed by atoms with Gasteiger partial charge in [-0.2, -0.15) is 5.26 Å². The molecular formula is C35H35N3O8. The van der Waals surface area contributed by atoms with Crippen LogP contribution in [0.5, 0.6) is 23.0 Å². The zero-order valence-corrected chi connectivity index (χ0v) is 25.6. The number of carboxylic acids is 1. The molecule has 0 unspecified atom stereocenters. The van der Waals surface area contributed by atoms with Crippen molar-refractivity contribution in [2.75, 3.05) is 19.8 Å². The molecular weight excluding hydrogens is 590 g/mol. The Bertz CT molecular complexity index is 1810. The van der Waals surface area contributed by atoms with Crippen molar-refractivity contribution in [1.82, 2.24) is 9.88 Å². The molecule has 11 heteroatoms. The Balaban J connectivity index is 1.43. The number of rotatable bonds is 13. The highest BCUT2D eigenvalue weighted by Crippen LogP contribution is 2.35. The largest absolute Gasteiger partial charge is 0.488 e. The van der Waals surface area contributed by atoms with Crippen LogP contribution in [0.1, 0.15) is 47.6 Å². The van der Waals surface area contributed by atoms with Gasteiger partial charge in [0.1, 0.15) is 44.0 Å². The molecule has 3 aromatic carbocycles. The van der Waals surface area contributed by atoms with E-state index in [2.05, 4.69) is 11.4 Å². The molecule has 3 N–H and O–H groups in total. The second kappa shape index (κ2) is 14.6. The second-order valence-corrected chi connectivity index (χ2v) is 11.0. The van der Waals surface area contributed by atoms with E-state index in [0.717, 1.165) is 11.1 Å². The molecule has 5 rings (SSSR count). The molecule has 4 aromatic rings. The summed E-state index contributed by atoms with van der Waals surface area (Å²) < 4.78 is 25.3. The normalized spacial score (nSPS) is 12.8. The Morgan fingerprint density at radius 1 is 0.978 bits per heavy atom. The monoisotopic (exact) mass is 625 g/mol. The summed E-state index contributed by atoms with van der Waals surface area (Å²) in [4.78, 5) is 25.1. The summed E-state index contributed by atoms with van der Waals surface area (Å²) in [5, 5.41) is 31.1. The van der Waals surface area contributed by atoms with Gasteiger partial charge in [-0.05, 0) is 59.5 Å². The molecule has 11 nitrogen and oxygen atoms in total. The van der Waals surface area contributed by atoms with Crippen LogP contribution in [0.4, 0.5) is 0 Å². The van der Waals surface area contributed by atoms with Gasteiger partial charge in [-0.3, -0.25) is 19.5 Å². The first-order chi connectivity index (χ1) is 22.3. The molecule has 1 atom stereocenters. The SMILES string of the molecule is CC(C)c1cc(CN[C@H](CO)C(=O)O)c(OCc2cccc(C#N)c2)cc1OCc1cccn(-c2ccc3c(c2)OCCO3)c1=O. The highest BCUT2D eigenvalue weighted by atomic mass is 16.6. The first kappa shape index (κ1) is 32.1. The van der Waals surface area contributed by atoms with E-state index in [9.17, 15) is 25.1 Å². The maximum Gasteiger partial charge on any atom is 0.323 e. The molecule has 0 aliphatic carbocycles. The lowest BCUT2D eigenvalue weighted by atomic mass is 9.98. The predicted octanol–water partition coefficient (Wildman–Crippen LogP) is 4.30. The van der Waals surface area contributed by atoms with Crippen LogP contribution in [0.25, 0.3) is 5.69 Å². The van der Waals surface area contributed by atoms with Gasteiger partial charge >= 0.3 is 5.97 Å². The summed E-state index contributed by atoms with van der Waals surface area (Å²) in [5.41, 5.74) is 3.58. The number of carbonyl (C=O) groups is 1. The molecule has 2 heterocycles. The van der Waals surface area contributed by atoms with Gasteiger partial charge < -0.3 is 29.2 Å². The molecule has 1 aromatic heterocycles. The number of aliphatic hydroxyl groups is 1. The van der Waals surface area contributed by atoms with Gasteiger partial charge in [0.25, 0.3) is 5.56 Å². The second-order valence-electron chi connectivity index (χ2n) is 11.0. The number of hydrogen-bond acceptors (Lipinski definition) is 9. The average Bonchev–Trinajstić information content (AvgIpc) is 3.07. The minimum atomic E-state index is -1.17. The minimum absolute atomic E-state index is 0.00775. The number of nitriles is 1. The van der Waals surface area contributed by atoms with Crippen molar-refractivity contribution in [2.45, 2.75) is 45.6 Å². The number of nitrogens with one attached hydrogen (secondary N) is 1. The third-order valence-electron chi connectivity index (χ3n) is 7.50. The third-order valence-corrected chi connectivity index (χ3v) is 7.50. The van der Waals surface area contributed by atoms with Crippen LogP contribution in [0, 0.1) is 11.3 Å². The van der Waals surface area contributed by atoms with Crippen LogP contribution in [-0.2, 0) is 24.6 Å². The van der Waals surface area contributed by atoms with Crippen LogP contribution >= 0.6 is 0 Å². The summed E-state index contributed by atoms with van der Waals surface area (Å²) in [5.74, 6) is 0.978. The van der Waals surface area contributed by atoms with E-state index in [1.807, 2.05) is 26.0 Å². The van der Waals surface area contributed by atoms with Gasteiger partial charge in [-0.15, -0.1) is 0 Å². The zero-order valence-electron chi connectivity index (χ0n) is 25.6. The smallest absolute Gasteiger partial charge is 0.323 e. The van der Waals surface area contributed by atoms with Crippen molar-refractivity contribution in [2.24, 2.45) is 0 Å². The highest BCUT2D eigenvalue weighted by molar-refractivity contribution is 5.73. The number of carboxylic acid groups (broad SMARTS) is 1. The third kappa shape index (κ3) is 7.48. The van der Waals surface area contributed by atoms with E-state index in [1.54, 1.807) is 60.8 Å². The Morgan fingerprint density at radius 3 is 2.50 bits per heavy atom. The number of aliphatic hydroxyl groups excluding tert-OH is 1. The van der Waals surface area contributed by atoms with E-state index in [4.69, 9.17) is 18.9 Å². The summed E-state index contributed by atoms with van der Waals surface area (Å²) in [6.07, 6.45) is 1.68. The topological polar surface area (TPSA) is 152 Å². The number of nitrogens with zero attached hydrogens (tertiary/aromatic N) is 2. The molecule has 238 valence electrons. The summed E-state index contributed by atoms with van der Waals surface area (Å²) in [6.45, 7) is 4.56. The molecule has 0 amide bonds. The minimum Gasteiger partial charge on any atom is -0.488 e. The Hall–Kier alpha value is -5.31. The number of hydrogen-bond donors (Lipinski definition) is 3. The van der Waals surface area contributed by atoms with Crippen LogP contribution < -0.4 is 29.8 Å². The summed E-state index contributed by atoms with van der Waals surface area (Å²) >= 11 is 0. The van der Waals surface area contributed by atoms with Crippen molar-refractivity contribution in [3.63, 3.8) is 0 Å². The number of pyridine rings is 1. The van der Waals surface area contributed by atoms with E-state index in [-0.39, 0.29) is 31.2 Å². The number of benzene rings is 3. The van der Waals surface area contributed by atoms with Crippen LogP contribution in [-0.4, -0.2) is 46.6 Å². The van der Waals surface area contributed by atoms with Crippen molar-refractivity contribution in [1.29, 1.82) is 5.26 Å². The van der Waals surface area contributed by atoms with Gasteiger partial charge in [-0.1, -0.05) is 26.0 Å². The molecule has 0 bridgehead atoms. The molecule has 1 aliphatic heterocycles. The number of fused-ring (bicyclic) bond motifs is 1. The lowest BCUT2D eigenvalue weighted by Gasteiger charge is -2.21. The standard InChI is InChI=1S/C35H35N3O8/c1-22(2)28-14-26(18-37-29(19-39)35(41)42)31(45-20-24-6-3-5-23(13-24)17-36)16-32(28)46-21-25-7-4-10-38(34(25)40)27-8-9-30-33(15-27)44-12-11-43-30/h3-10,13-16,22,29,37,39H,11-12,18-21H2,1-2H3,(H,41,42)/t29-/m1/s1. The van der Waals surface area contributed by atoms with Crippen LogP contribution in [0.3, 0.4) is 0 Å². The van der Waals surface area contributed by atoms with E-state index >= 15 is 0 Å². The van der Waals surface area contributed by atoms with E-state index < -0.39 is 18.6 Å². The zero-order chi connectivity index (χ0) is 32.6. The average molecular weight is 626 g/mol. The lowest BCUT2D eigenvalue weighted by Crippen LogP contribution is -2.39. The fourth-order valence-corrected chi connectivity index (χ4v) is 5.02. The Labute approximate surface area is 266 Å². The van der Waals surface area contributed by atoms with E-state index in [0.29, 0.717) is 58.6 Å². The van der Waals surface area contributed by atoms with Gasteiger partial charge in [0, 0.05) is 30.4 Å². The van der Waals surface area contributed by atoms with Crippen molar-refractivity contribution in [3.05, 3.63) is 111 Å². The maximum absolute atomic E-state index is 13.5. The van der Waals surface area contributed by atoms with Crippen molar-refractivity contribution in [3.8, 4) is 34.8 Å². The maximum atomic E-state index is 13.5. The number of aromatic nitrogens is 1. The highest BCUT2D eigenvalue weighted by Gasteiger charge is 2.20. The first-order valence-corrected chi connectivity index (χ1v) is 14.9. The lowest BCUT2D eigenvalue weighted by molar-refractivity contribution is -0.140. The fourth-order valence-electron chi connectivity index (χ4n) is 5.02. The van der Waals surface area contributed by atoms with Gasteiger partial charge in [0.05, 0.1) is 29.5 Å². The molecule has 1 aliphatic rings. The Morgan fingerprint density at radius 2 is 1.76 bits per heavy atom. The van der Waals surface area contributed by atoms with Crippen LogP contribution in [0.2, 0.25) is 0 Å². The fraction of sp³-hybridized carbons (Fsp3) is 0.286. The van der Waals surface area contributed by atoms with Crippen LogP contribution in [0.15, 0.2) is 77.7 Å². The number of ether oxygens (including phenoxy) is 4. The molecule has 0 saturated heterocycles. The molecule has 46 heavy (non-hydrogen) atoms. The quantitative estimate of drug-likeness (QED) is 0.196. The summed E-state index contributed by atoms with van der Waals surface area (Å²) in [7, 11) is 0. The molecule has 0 spiro atoms. The molecule has 0 saturated carbocycles. The van der Waals surface area contributed by atoms with Crippen molar-refractivity contribution >= 4 is 5.97 Å². The number of aliphatic carboxylic acids is 1. The predicted molar refractivity (Wildman–Crippen MR) is 169 cm³/mol.